The fourth-order valence-electron chi connectivity index (χ4n) is 3.64. The molecule has 1 aromatic carbocycles. The number of nitrogens with one attached hydrogen (secondary N) is 3. The molecule has 0 unspecified atom stereocenters. The van der Waals surface area contributed by atoms with E-state index in [0.29, 0.717) is 36.7 Å². The topological polar surface area (TPSA) is 126 Å². The lowest BCUT2D eigenvalue weighted by Gasteiger charge is -2.28. The van der Waals surface area contributed by atoms with E-state index in [1.165, 1.54) is 4.90 Å². The minimum absolute atomic E-state index is 0.244. The highest BCUT2D eigenvalue weighted by atomic mass is 16.6. The maximum Gasteiger partial charge on any atom is 0.410 e. The van der Waals surface area contributed by atoms with Crippen molar-refractivity contribution in [2.45, 2.75) is 65.5 Å². The van der Waals surface area contributed by atoms with Crippen molar-refractivity contribution in [3.8, 4) is 11.8 Å². The Bertz CT molecular complexity index is 1380. The molecule has 11 nitrogen and oxygen atoms in total. The van der Waals surface area contributed by atoms with Gasteiger partial charge in [0.05, 0.1) is 23.5 Å². The number of hydrogen-bond donors (Lipinski definition) is 3. The molecule has 0 saturated carbocycles. The molecule has 2 heterocycles. The second-order valence-corrected chi connectivity index (χ2v) is 10.5. The van der Waals surface area contributed by atoms with Gasteiger partial charge in [-0.15, -0.1) is 0 Å². The number of carbonyl (C=O) groups is 2. The number of rotatable bonds is 10. The second-order valence-electron chi connectivity index (χ2n) is 10.5. The number of ether oxygens (including phenoxy) is 1. The molecule has 0 saturated heterocycles. The van der Waals surface area contributed by atoms with Gasteiger partial charge < -0.3 is 20.7 Å². The smallest absolute Gasteiger partial charge is 0.410 e. The number of anilines is 3. The fourth-order valence-corrected chi connectivity index (χ4v) is 3.64. The highest BCUT2D eigenvalue weighted by Crippen LogP contribution is 2.22. The quantitative estimate of drug-likeness (QED) is 0.251. The molecule has 0 aliphatic rings. The van der Waals surface area contributed by atoms with Crippen LogP contribution in [0.5, 0.6) is 0 Å². The standard InChI is InChI=1S/C29H40N8O3/c1-8-15-30-25-21(18-32-27(35-25)34-23-13-14-24-22(17-23)19-33-37(24)7)12-10-9-11-16-31-26(38)20(2)36(6)28(39)40-29(3,4)5/h13-14,17-20H,8-9,11,15-16H2,1-7H3,(H,31,38)(H2,30,32,34,35)/t20-/m0/s1. The molecular formula is C29H40N8O3. The second kappa shape index (κ2) is 13.6. The average Bonchev–Trinajstić information content (AvgIpc) is 3.27. The molecule has 0 spiro atoms. The van der Waals surface area contributed by atoms with Gasteiger partial charge in [0.1, 0.15) is 17.5 Å². The van der Waals surface area contributed by atoms with Gasteiger partial charge in [0.15, 0.2) is 0 Å². The summed E-state index contributed by atoms with van der Waals surface area (Å²) in [6.07, 6.45) is 5.18. The number of amides is 2. The van der Waals surface area contributed by atoms with Gasteiger partial charge in [-0.1, -0.05) is 18.8 Å². The van der Waals surface area contributed by atoms with E-state index < -0.39 is 17.7 Å². The maximum atomic E-state index is 12.5. The molecule has 214 valence electrons. The minimum atomic E-state index is -0.649. The molecule has 3 rings (SSSR count). The largest absolute Gasteiger partial charge is 0.444 e. The zero-order chi connectivity index (χ0) is 29.3. The van der Waals surface area contributed by atoms with Crippen LogP contribution in [0.3, 0.4) is 0 Å². The number of fused-ring (bicyclic) bond motifs is 1. The lowest BCUT2D eigenvalue weighted by Crippen LogP contribution is -2.47. The first-order valence-corrected chi connectivity index (χ1v) is 13.5. The molecule has 2 aromatic heterocycles. The van der Waals surface area contributed by atoms with Crippen molar-refractivity contribution in [1.29, 1.82) is 0 Å². The van der Waals surface area contributed by atoms with Gasteiger partial charge in [-0.2, -0.15) is 10.1 Å². The van der Waals surface area contributed by atoms with E-state index in [9.17, 15) is 9.59 Å². The molecule has 0 aliphatic carbocycles. The summed E-state index contributed by atoms with van der Waals surface area (Å²) in [5.41, 5.74) is 2.00. The van der Waals surface area contributed by atoms with Crippen LogP contribution in [0.15, 0.2) is 30.6 Å². The predicted octanol–water partition coefficient (Wildman–Crippen LogP) is 4.43. The van der Waals surface area contributed by atoms with Gasteiger partial charge in [0, 0.05) is 44.7 Å². The first-order chi connectivity index (χ1) is 19.0. The van der Waals surface area contributed by atoms with Gasteiger partial charge in [-0.25, -0.2) is 9.78 Å². The van der Waals surface area contributed by atoms with E-state index in [1.807, 2.05) is 36.1 Å². The van der Waals surface area contributed by atoms with Crippen molar-refractivity contribution in [2.24, 2.45) is 7.05 Å². The zero-order valence-electron chi connectivity index (χ0n) is 24.5. The van der Waals surface area contributed by atoms with Crippen LogP contribution in [0.1, 0.15) is 59.4 Å². The van der Waals surface area contributed by atoms with E-state index in [-0.39, 0.29) is 5.91 Å². The van der Waals surface area contributed by atoms with Crippen molar-refractivity contribution >= 4 is 40.4 Å². The summed E-state index contributed by atoms with van der Waals surface area (Å²) in [4.78, 5) is 35.0. The number of nitrogens with zero attached hydrogens (tertiary/aromatic N) is 5. The number of aryl methyl sites for hydroxylation is 1. The van der Waals surface area contributed by atoms with E-state index in [0.717, 1.165) is 29.6 Å². The van der Waals surface area contributed by atoms with E-state index in [4.69, 9.17) is 4.74 Å². The summed E-state index contributed by atoms with van der Waals surface area (Å²) in [6.45, 7) is 10.3. The summed E-state index contributed by atoms with van der Waals surface area (Å²) in [5, 5.41) is 14.8. The first-order valence-electron chi connectivity index (χ1n) is 13.5. The van der Waals surface area contributed by atoms with Crippen LogP contribution in [0.25, 0.3) is 10.9 Å². The first kappa shape index (κ1) is 30.2. The molecule has 3 aromatic rings. The molecule has 0 bridgehead atoms. The zero-order valence-corrected chi connectivity index (χ0v) is 24.5. The Hall–Kier alpha value is -4.33. The molecule has 40 heavy (non-hydrogen) atoms. The SMILES string of the molecule is CCCNc1nc(Nc2ccc3c(cnn3C)c2)ncc1C#CCCCNC(=O)[C@H](C)N(C)C(=O)OC(C)(C)C. The third kappa shape index (κ3) is 8.59. The van der Waals surface area contributed by atoms with Crippen LogP contribution in [0.2, 0.25) is 0 Å². The molecule has 0 fully saturated rings. The van der Waals surface area contributed by atoms with E-state index in [1.54, 1.807) is 40.9 Å². The summed E-state index contributed by atoms with van der Waals surface area (Å²) in [7, 11) is 3.46. The Kier molecular flexibility index (Phi) is 10.3. The number of aromatic nitrogens is 4. The molecule has 1 atom stereocenters. The van der Waals surface area contributed by atoms with Crippen LogP contribution in [-0.2, 0) is 16.6 Å². The number of likely N-dealkylation sites (N-methyl/N-ethyl adjacent to an activating group) is 1. The number of hydrogen-bond acceptors (Lipinski definition) is 8. The number of benzene rings is 1. The third-order valence-electron chi connectivity index (χ3n) is 5.98. The van der Waals surface area contributed by atoms with Gasteiger partial charge in [-0.05, 0) is 58.7 Å². The van der Waals surface area contributed by atoms with E-state index in [2.05, 4.69) is 49.8 Å². The number of unbranched alkanes of at least 4 members (excludes halogenated alkanes) is 1. The molecular weight excluding hydrogens is 508 g/mol. The Morgan fingerprint density at radius 3 is 2.70 bits per heavy atom. The van der Waals surface area contributed by atoms with Crippen molar-refractivity contribution in [1.82, 2.24) is 30.0 Å². The van der Waals surface area contributed by atoms with Crippen molar-refractivity contribution < 1.29 is 14.3 Å². The normalized spacial score (nSPS) is 11.8. The lowest BCUT2D eigenvalue weighted by molar-refractivity contribution is -0.125. The van der Waals surface area contributed by atoms with E-state index >= 15 is 0 Å². The van der Waals surface area contributed by atoms with Crippen LogP contribution < -0.4 is 16.0 Å². The van der Waals surface area contributed by atoms with Gasteiger partial charge in [0.2, 0.25) is 11.9 Å². The maximum absolute atomic E-state index is 12.5. The highest BCUT2D eigenvalue weighted by molar-refractivity contribution is 5.85. The van der Waals surface area contributed by atoms with Crippen molar-refractivity contribution in [2.75, 3.05) is 30.8 Å². The molecule has 2 amide bonds. The summed E-state index contributed by atoms with van der Waals surface area (Å²) < 4.78 is 7.15. The lowest BCUT2D eigenvalue weighted by atomic mass is 10.2. The predicted molar refractivity (Wildman–Crippen MR) is 157 cm³/mol. The van der Waals surface area contributed by atoms with Crippen LogP contribution in [0.4, 0.5) is 22.2 Å². The Labute approximate surface area is 236 Å². The van der Waals surface area contributed by atoms with Gasteiger partial charge >= 0.3 is 6.09 Å². The Morgan fingerprint density at radius 2 is 1.98 bits per heavy atom. The van der Waals surface area contributed by atoms with Crippen LogP contribution in [0, 0.1) is 11.8 Å². The number of carbonyl (C=O) groups excluding carboxylic acids is 2. The van der Waals surface area contributed by atoms with Crippen molar-refractivity contribution in [3.63, 3.8) is 0 Å². The highest BCUT2D eigenvalue weighted by Gasteiger charge is 2.26. The monoisotopic (exact) mass is 548 g/mol. The third-order valence-corrected chi connectivity index (χ3v) is 5.98. The molecule has 11 heteroatoms. The average molecular weight is 549 g/mol. The van der Waals surface area contributed by atoms with Crippen LogP contribution in [-0.4, -0.2) is 68.4 Å². The summed E-state index contributed by atoms with van der Waals surface area (Å²) in [6, 6.07) is 5.33. The summed E-state index contributed by atoms with van der Waals surface area (Å²) >= 11 is 0. The Morgan fingerprint density at radius 1 is 1.20 bits per heavy atom. The van der Waals surface area contributed by atoms with Gasteiger partial charge in [0.25, 0.3) is 0 Å². The Balaban J connectivity index is 1.54. The molecule has 0 radical (unpaired) electrons. The van der Waals surface area contributed by atoms with Crippen LogP contribution >= 0.6 is 0 Å². The minimum Gasteiger partial charge on any atom is -0.444 e. The fraction of sp³-hybridized carbons (Fsp3) is 0.483. The van der Waals surface area contributed by atoms with Gasteiger partial charge in [-0.3, -0.25) is 14.4 Å². The van der Waals surface area contributed by atoms with Crippen molar-refractivity contribution in [3.05, 3.63) is 36.2 Å². The molecule has 0 aliphatic heterocycles. The molecule has 3 N–H and O–H groups in total. The summed E-state index contributed by atoms with van der Waals surface area (Å²) in [5.74, 6) is 7.19.